The summed E-state index contributed by atoms with van der Waals surface area (Å²) in [5.74, 6) is -0.481. The second kappa shape index (κ2) is 8.05. The number of carbonyl (C=O) groups is 2. The summed E-state index contributed by atoms with van der Waals surface area (Å²) in [4.78, 5) is 34.1. The predicted molar refractivity (Wildman–Crippen MR) is 113 cm³/mol. The fraction of sp³-hybridized carbons (Fsp3) is 0.174. The van der Waals surface area contributed by atoms with Gasteiger partial charge < -0.3 is 9.80 Å². The number of benzene rings is 2. The monoisotopic (exact) mass is 373 g/mol. The summed E-state index contributed by atoms with van der Waals surface area (Å²) in [5.41, 5.74) is 3.50. The van der Waals surface area contributed by atoms with Crippen LogP contribution in [0.3, 0.4) is 0 Å². The Morgan fingerprint density at radius 1 is 0.679 bits per heavy atom. The van der Waals surface area contributed by atoms with E-state index in [0.717, 1.165) is 11.4 Å². The fourth-order valence-corrected chi connectivity index (χ4v) is 2.88. The summed E-state index contributed by atoms with van der Waals surface area (Å²) in [5, 5.41) is 0. The highest BCUT2D eigenvalue weighted by Crippen LogP contribution is 2.20. The molecule has 142 valence electrons. The number of hydrogen-bond donors (Lipinski definition) is 0. The summed E-state index contributed by atoms with van der Waals surface area (Å²) in [6.45, 7) is 0. The maximum Gasteiger partial charge on any atom is 0.212 e. The number of aromatic nitrogens is 1. The van der Waals surface area contributed by atoms with Crippen molar-refractivity contribution in [1.29, 1.82) is 0 Å². The highest BCUT2D eigenvalue weighted by atomic mass is 16.1. The number of hydrogen-bond acceptors (Lipinski definition) is 5. The van der Waals surface area contributed by atoms with Gasteiger partial charge in [-0.3, -0.25) is 14.6 Å². The molecule has 2 aromatic carbocycles. The van der Waals surface area contributed by atoms with E-state index in [1.807, 2.05) is 62.3 Å². The standard InChI is InChI=1S/C23H23N3O2/c1-25(2)18-11-7-16(8-12-18)22(27)20-6-5-15-24-21(20)23(28)17-9-13-19(14-10-17)26(3)4/h5-15H,1-4H3. The number of carbonyl (C=O) groups excluding carboxylic acids is 2. The van der Waals surface area contributed by atoms with Crippen molar-refractivity contribution in [2.45, 2.75) is 0 Å². The average molecular weight is 373 g/mol. The Morgan fingerprint density at radius 3 is 1.61 bits per heavy atom. The van der Waals surface area contributed by atoms with Gasteiger partial charge in [-0.15, -0.1) is 0 Å². The van der Waals surface area contributed by atoms with Crippen molar-refractivity contribution in [2.75, 3.05) is 38.0 Å². The molecule has 0 amide bonds. The first-order valence-electron chi connectivity index (χ1n) is 8.97. The minimum absolute atomic E-state index is 0.168. The number of pyridine rings is 1. The average Bonchev–Trinajstić information content (AvgIpc) is 2.72. The largest absolute Gasteiger partial charge is 0.378 e. The molecule has 3 aromatic rings. The maximum atomic E-state index is 13.0. The van der Waals surface area contributed by atoms with Crippen molar-refractivity contribution >= 4 is 22.9 Å². The third-order valence-corrected chi connectivity index (χ3v) is 4.56. The van der Waals surface area contributed by atoms with Gasteiger partial charge in [0.25, 0.3) is 0 Å². The first kappa shape index (κ1) is 19.3. The molecule has 0 N–H and O–H groups in total. The maximum absolute atomic E-state index is 13.0. The van der Waals surface area contributed by atoms with E-state index in [1.165, 1.54) is 6.20 Å². The number of ketones is 2. The molecule has 0 aliphatic carbocycles. The van der Waals surface area contributed by atoms with Crippen LogP contribution in [0.5, 0.6) is 0 Å². The highest BCUT2D eigenvalue weighted by molar-refractivity contribution is 6.18. The molecule has 1 heterocycles. The molecule has 0 radical (unpaired) electrons. The van der Waals surface area contributed by atoms with Gasteiger partial charge in [-0.2, -0.15) is 0 Å². The molecule has 0 aliphatic heterocycles. The van der Waals surface area contributed by atoms with Crippen LogP contribution in [0.4, 0.5) is 11.4 Å². The lowest BCUT2D eigenvalue weighted by molar-refractivity contribution is 0.0999. The molecule has 0 fully saturated rings. The molecule has 0 unspecified atom stereocenters. The Kier molecular flexibility index (Phi) is 5.54. The lowest BCUT2D eigenvalue weighted by atomic mass is 9.97. The SMILES string of the molecule is CN(C)c1ccc(C(=O)c2cccnc2C(=O)c2ccc(N(C)C)cc2)cc1. The molecule has 0 bridgehead atoms. The zero-order valence-corrected chi connectivity index (χ0v) is 16.5. The predicted octanol–water partition coefficient (Wildman–Crippen LogP) is 3.68. The summed E-state index contributed by atoms with van der Waals surface area (Å²) >= 11 is 0. The topological polar surface area (TPSA) is 53.5 Å². The Labute approximate surface area is 165 Å². The second-order valence-corrected chi connectivity index (χ2v) is 6.94. The minimum Gasteiger partial charge on any atom is -0.378 e. The molecule has 28 heavy (non-hydrogen) atoms. The normalized spacial score (nSPS) is 10.4. The van der Waals surface area contributed by atoms with Gasteiger partial charge >= 0.3 is 0 Å². The summed E-state index contributed by atoms with van der Waals surface area (Å²) < 4.78 is 0. The van der Waals surface area contributed by atoms with E-state index in [9.17, 15) is 9.59 Å². The van der Waals surface area contributed by atoms with Crippen LogP contribution in [0.2, 0.25) is 0 Å². The smallest absolute Gasteiger partial charge is 0.212 e. The van der Waals surface area contributed by atoms with E-state index < -0.39 is 0 Å². The van der Waals surface area contributed by atoms with Crippen molar-refractivity contribution in [1.82, 2.24) is 4.98 Å². The van der Waals surface area contributed by atoms with Crippen molar-refractivity contribution in [3.63, 3.8) is 0 Å². The Bertz CT molecular complexity index is 909. The second-order valence-electron chi connectivity index (χ2n) is 6.94. The van der Waals surface area contributed by atoms with E-state index in [1.54, 1.807) is 36.4 Å². The fourth-order valence-electron chi connectivity index (χ4n) is 2.88. The van der Waals surface area contributed by atoms with Crippen LogP contribution in [0.1, 0.15) is 32.0 Å². The summed E-state index contributed by atoms with van der Waals surface area (Å²) in [7, 11) is 7.76. The molecule has 5 heteroatoms. The first-order chi connectivity index (χ1) is 13.4. The van der Waals surface area contributed by atoms with Crippen LogP contribution >= 0.6 is 0 Å². The quantitative estimate of drug-likeness (QED) is 0.617. The van der Waals surface area contributed by atoms with E-state index in [0.29, 0.717) is 16.7 Å². The van der Waals surface area contributed by atoms with Crippen LogP contribution in [0.25, 0.3) is 0 Å². The lowest BCUT2D eigenvalue weighted by Crippen LogP contribution is -2.14. The summed E-state index contributed by atoms with van der Waals surface area (Å²) in [6, 6.07) is 17.9. The third-order valence-electron chi connectivity index (χ3n) is 4.56. The van der Waals surface area contributed by atoms with Crippen molar-refractivity contribution < 1.29 is 9.59 Å². The van der Waals surface area contributed by atoms with Gasteiger partial charge in [0, 0.05) is 56.9 Å². The van der Waals surface area contributed by atoms with Gasteiger partial charge in [-0.25, -0.2) is 0 Å². The van der Waals surface area contributed by atoms with Crippen molar-refractivity contribution in [3.05, 3.63) is 89.2 Å². The Balaban J connectivity index is 1.94. The minimum atomic E-state index is -0.265. The van der Waals surface area contributed by atoms with Crippen LogP contribution in [-0.4, -0.2) is 44.7 Å². The van der Waals surface area contributed by atoms with Gasteiger partial charge in [-0.1, -0.05) is 0 Å². The summed E-state index contributed by atoms with van der Waals surface area (Å²) in [6.07, 6.45) is 1.54. The Hall–Kier alpha value is -3.47. The van der Waals surface area contributed by atoms with Gasteiger partial charge in [0.05, 0.1) is 5.56 Å². The zero-order chi connectivity index (χ0) is 20.3. The molecule has 5 nitrogen and oxygen atoms in total. The molecule has 0 atom stereocenters. The molecular weight excluding hydrogens is 350 g/mol. The van der Waals surface area contributed by atoms with Crippen molar-refractivity contribution in [3.8, 4) is 0 Å². The molecule has 0 saturated heterocycles. The van der Waals surface area contributed by atoms with Crippen molar-refractivity contribution in [2.24, 2.45) is 0 Å². The lowest BCUT2D eigenvalue weighted by Gasteiger charge is -2.13. The number of anilines is 2. The first-order valence-corrected chi connectivity index (χ1v) is 8.97. The number of nitrogens with zero attached hydrogens (tertiary/aromatic N) is 3. The number of rotatable bonds is 6. The van der Waals surface area contributed by atoms with Crippen LogP contribution in [-0.2, 0) is 0 Å². The van der Waals surface area contributed by atoms with Crippen LogP contribution in [0, 0.1) is 0 Å². The van der Waals surface area contributed by atoms with Crippen LogP contribution in [0.15, 0.2) is 66.9 Å². The van der Waals surface area contributed by atoms with E-state index in [-0.39, 0.29) is 17.3 Å². The van der Waals surface area contributed by atoms with Gasteiger partial charge in [-0.05, 0) is 60.7 Å². The van der Waals surface area contributed by atoms with Crippen LogP contribution < -0.4 is 9.80 Å². The van der Waals surface area contributed by atoms with Gasteiger partial charge in [0.1, 0.15) is 5.69 Å². The Morgan fingerprint density at radius 2 is 1.14 bits per heavy atom. The van der Waals surface area contributed by atoms with E-state index in [4.69, 9.17) is 0 Å². The van der Waals surface area contributed by atoms with E-state index in [2.05, 4.69) is 4.98 Å². The third kappa shape index (κ3) is 3.93. The molecule has 0 spiro atoms. The molecule has 0 saturated carbocycles. The molecular formula is C23H23N3O2. The van der Waals surface area contributed by atoms with E-state index >= 15 is 0 Å². The zero-order valence-electron chi connectivity index (χ0n) is 16.5. The molecule has 3 rings (SSSR count). The molecule has 1 aromatic heterocycles. The van der Waals surface area contributed by atoms with Gasteiger partial charge in [0.2, 0.25) is 5.78 Å². The van der Waals surface area contributed by atoms with Gasteiger partial charge in [0.15, 0.2) is 5.78 Å². The molecule has 0 aliphatic rings. The highest BCUT2D eigenvalue weighted by Gasteiger charge is 2.21.